The van der Waals surface area contributed by atoms with Crippen molar-refractivity contribution in [3.63, 3.8) is 0 Å². The fraction of sp³-hybridized carbons (Fsp3) is 1.00. The maximum absolute atomic E-state index is 8.74. The number of aliphatic hydroxyl groups excluding tert-OH is 2. The predicted molar refractivity (Wildman–Crippen MR) is 59.8 cm³/mol. The molecule has 0 bridgehead atoms. The van der Waals surface area contributed by atoms with Crippen LogP contribution in [0.3, 0.4) is 0 Å². The second-order valence-electron chi connectivity index (χ2n) is 3.85. The Morgan fingerprint density at radius 1 is 1.00 bits per heavy atom. The van der Waals surface area contributed by atoms with Crippen LogP contribution >= 0.6 is 7.92 Å². The topological polar surface area (TPSA) is 40.5 Å². The Labute approximate surface area is 83.1 Å². The average molecular weight is 206 g/mol. The van der Waals surface area contributed by atoms with Crippen molar-refractivity contribution < 1.29 is 10.2 Å². The highest BCUT2D eigenvalue weighted by molar-refractivity contribution is 7.57. The van der Waals surface area contributed by atoms with Gasteiger partial charge in [0.05, 0.1) is 0 Å². The number of hydrogen-bond acceptors (Lipinski definition) is 2. The van der Waals surface area contributed by atoms with Crippen LogP contribution in [0.5, 0.6) is 0 Å². The van der Waals surface area contributed by atoms with Gasteiger partial charge in [0.2, 0.25) is 0 Å². The molecule has 2 nitrogen and oxygen atoms in total. The van der Waals surface area contributed by atoms with Crippen molar-refractivity contribution in [1.82, 2.24) is 0 Å². The first-order valence-corrected chi connectivity index (χ1v) is 7.04. The van der Waals surface area contributed by atoms with Crippen LogP contribution in [0, 0.1) is 5.92 Å². The van der Waals surface area contributed by atoms with Gasteiger partial charge in [-0.3, -0.25) is 0 Å². The normalized spacial score (nSPS) is 11.5. The van der Waals surface area contributed by atoms with Crippen molar-refractivity contribution in [2.24, 2.45) is 5.92 Å². The first kappa shape index (κ1) is 13.4. The highest BCUT2D eigenvalue weighted by Gasteiger charge is 2.08. The Bertz CT molecular complexity index is 99.1. The fourth-order valence-corrected chi connectivity index (χ4v) is 4.20. The maximum atomic E-state index is 8.74. The highest BCUT2D eigenvalue weighted by Crippen LogP contribution is 2.38. The third-order valence-corrected chi connectivity index (χ3v) is 5.03. The van der Waals surface area contributed by atoms with E-state index >= 15 is 0 Å². The molecule has 0 aliphatic rings. The molecule has 0 saturated carbocycles. The molecule has 0 fully saturated rings. The second-order valence-corrected chi connectivity index (χ2v) is 6.45. The van der Waals surface area contributed by atoms with Crippen LogP contribution in [0.1, 0.15) is 26.7 Å². The molecule has 0 aromatic carbocycles. The molecule has 0 atom stereocenters. The minimum atomic E-state index is 0.0681. The molecular weight excluding hydrogens is 183 g/mol. The molecule has 0 radical (unpaired) electrons. The monoisotopic (exact) mass is 206 g/mol. The van der Waals surface area contributed by atoms with Gasteiger partial charge in [-0.15, -0.1) is 7.92 Å². The standard InChI is InChI=1S/C10H23O2P/c1-10(2)9-13(7-3-5-11)8-4-6-12/h10-12H,3-9H2,1-2H3. The van der Waals surface area contributed by atoms with E-state index in [9.17, 15) is 0 Å². The molecule has 80 valence electrons. The zero-order valence-corrected chi connectivity index (χ0v) is 9.76. The molecule has 0 aliphatic carbocycles. The number of hydrogen-bond donors (Lipinski definition) is 2. The zero-order chi connectivity index (χ0) is 10.1. The summed E-state index contributed by atoms with van der Waals surface area (Å²) in [5.41, 5.74) is 0. The summed E-state index contributed by atoms with van der Waals surface area (Å²) in [5, 5.41) is 17.5. The molecule has 2 N–H and O–H groups in total. The molecule has 0 aliphatic heterocycles. The summed E-state index contributed by atoms with van der Waals surface area (Å²) < 4.78 is 0. The van der Waals surface area contributed by atoms with E-state index in [0.29, 0.717) is 13.2 Å². The van der Waals surface area contributed by atoms with Crippen molar-refractivity contribution in [2.75, 3.05) is 31.7 Å². The van der Waals surface area contributed by atoms with Gasteiger partial charge in [0.1, 0.15) is 0 Å². The smallest absolute Gasteiger partial charge is 0.0434 e. The van der Waals surface area contributed by atoms with Crippen LogP contribution in [0.15, 0.2) is 0 Å². The molecule has 13 heavy (non-hydrogen) atoms. The van der Waals surface area contributed by atoms with Crippen molar-refractivity contribution in [3.05, 3.63) is 0 Å². The van der Waals surface area contributed by atoms with E-state index in [1.807, 2.05) is 0 Å². The van der Waals surface area contributed by atoms with Gasteiger partial charge in [-0.05, 0) is 37.2 Å². The molecule has 0 rings (SSSR count). The molecule has 0 amide bonds. The van der Waals surface area contributed by atoms with Gasteiger partial charge in [-0.25, -0.2) is 0 Å². The minimum absolute atomic E-state index is 0.0681. The number of aliphatic hydroxyl groups is 2. The predicted octanol–water partition coefficient (Wildman–Crippen LogP) is 1.89. The second kappa shape index (κ2) is 8.93. The van der Waals surface area contributed by atoms with E-state index in [2.05, 4.69) is 13.8 Å². The lowest BCUT2D eigenvalue weighted by molar-refractivity contribution is 0.294. The largest absolute Gasteiger partial charge is 0.396 e. The van der Waals surface area contributed by atoms with Crippen molar-refractivity contribution in [3.8, 4) is 0 Å². The molecule has 0 saturated heterocycles. The van der Waals surface area contributed by atoms with Gasteiger partial charge >= 0.3 is 0 Å². The van der Waals surface area contributed by atoms with Crippen LogP contribution < -0.4 is 0 Å². The van der Waals surface area contributed by atoms with Gasteiger partial charge in [0, 0.05) is 13.2 Å². The van der Waals surface area contributed by atoms with Gasteiger partial charge in [0.15, 0.2) is 0 Å². The molecule has 0 heterocycles. The Balaban J connectivity index is 3.60. The molecule has 0 spiro atoms. The van der Waals surface area contributed by atoms with Crippen LogP contribution in [-0.4, -0.2) is 41.9 Å². The van der Waals surface area contributed by atoms with E-state index in [4.69, 9.17) is 10.2 Å². The van der Waals surface area contributed by atoms with Gasteiger partial charge in [-0.2, -0.15) is 0 Å². The van der Waals surface area contributed by atoms with E-state index in [-0.39, 0.29) is 7.92 Å². The fourth-order valence-electron chi connectivity index (χ4n) is 1.40. The average Bonchev–Trinajstić information content (AvgIpc) is 2.09. The number of rotatable bonds is 8. The van der Waals surface area contributed by atoms with Crippen LogP contribution in [0.4, 0.5) is 0 Å². The lowest BCUT2D eigenvalue weighted by atomic mass is 10.3. The van der Waals surface area contributed by atoms with Gasteiger partial charge < -0.3 is 10.2 Å². The first-order chi connectivity index (χ1) is 6.20. The van der Waals surface area contributed by atoms with Crippen LogP contribution in [0.2, 0.25) is 0 Å². The molecule has 0 aromatic rings. The van der Waals surface area contributed by atoms with Gasteiger partial charge in [0.25, 0.3) is 0 Å². The van der Waals surface area contributed by atoms with Gasteiger partial charge in [-0.1, -0.05) is 13.8 Å². The van der Waals surface area contributed by atoms with Crippen molar-refractivity contribution >= 4 is 7.92 Å². The Hall–Kier alpha value is 0.350. The van der Waals surface area contributed by atoms with Crippen molar-refractivity contribution in [1.29, 1.82) is 0 Å². The van der Waals surface area contributed by atoms with E-state index in [0.717, 1.165) is 18.8 Å². The van der Waals surface area contributed by atoms with E-state index < -0.39 is 0 Å². The summed E-state index contributed by atoms with van der Waals surface area (Å²) in [4.78, 5) is 0. The lowest BCUT2D eigenvalue weighted by Crippen LogP contribution is -2.03. The minimum Gasteiger partial charge on any atom is -0.396 e. The first-order valence-electron chi connectivity index (χ1n) is 5.14. The van der Waals surface area contributed by atoms with Crippen molar-refractivity contribution in [2.45, 2.75) is 26.7 Å². The van der Waals surface area contributed by atoms with Crippen LogP contribution in [-0.2, 0) is 0 Å². The molecule has 0 aromatic heterocycles. The Kier molecular flexibility index (Phi) is 9.17. The lowest BCUT2D eigenvalue weighted by Gasteiger charge is -2.18. The Morgan fingerprint density at radius 3 is 1.77 bits per heavy atom. The van der Waals surface area contributed by atoms with Crippen LogP contribution in [0.25, 0.3) is 0 Å². The zero-order valence-electron chi connectivity index (χ0n) is 8.87. The third-order valence-electron chi connectivity index (χ3n) is 1.89. The van der Waals surface area contributed by atoms with E-state index in [1.54, 1.807) is 0 Å². The summed E-state index contributed by atoms with van der Waals surface area (Å²) in [5.74, 6) is 0.753. The molecular formula is C10H23O2P. The maximum Gasteiger partial charge on any atom is 0.0434 e. The van der Waals surface area contributed by atoms with E-state index in [1.165, 1.54) is 18.5 Å². The molecule has 3 heteroatoms. The highest BCUT2D eigenvalue weighted by atomic mass is 31.1. The summed E-state index contributed by atoms with van der Waals surface area (Å²) in [6.45, 7) is 5.12. The quantitative estimate of drug-likeness (QED) is 0.595. The SMILES string of the molecule is CC(C)CP(CCCO)CCCO. The summed E-state index contributed by atoms with van der Waals surface area (Å²) in [6.07, 6.45) is 5.50. The Morgan fingerprint density at radius 2 is 1.46 bits per heavy atom. The summed E-state index contributed by atoms with van der Waals surface area (Å²) in [7, 11) is 0.0681. The molecule has 0 unspecified atom stereocenters. The third kappa shape index (κ3) is 8.67. The summed E-state index contributed by atoms with van der Waals surface area (Å²) >= 11 is 0. The summed E-state index contributed by atoms with van der Waals surface area (Å²) in [6, 6.07) is 0.